The molecule has 1 saturated heterocycles. The van der Waals surface area contributed by atoms with Crippen molar-refractivity contribution in [3.05, 3.63) is 64.7 Å². The highest BCUT2D eigenvalue weighted by Gasteiger charge is 2.42. The van der Waals surface area contributed by atoms with Crippen LogP contribution in [0.4, 0.5) is 10.5 Å². The topological polar surface area (TPSA) is 73.8 Å². The third-order valence-corrected chi connectivity index (χ3v) is 5.53. The largest absolute Gasteiger partial charge is 0.326 e. The predicted molar refractivity (Wildman–Crippen MR) is 110 cm³/mol. The van der Waals surface area contributed by atoms with Crippen LogP contribution in [0.15, 0.2) is 53.5 Å². The van der Waals surface area contributed by atoms with Gasteiger partial charge < -0.3 is 15.5 Å². The minimum Gasteiger partial charge on any atom is -0.326 e. The lowest BCUT2D eigenvalue weighted by atomic mass is 9.98. The molecule has 4 rings (SSSR count). The predicted octanol–water partition coefficient (Wildman–Crippen LogP) is 3.59. The number of rotatable bonds is 2. The lowest BCUT2D eigenvalue weighted by Crippen LogP contribution is -2.53. The standard InChI is InChI=1S/C21H21ClN4O2/c1-14-6-8-15(9-7-14)18-19(27)25-21(24-18)10-12-26(13-11-21)20(28)23-17-5-3-2-4-16(17)22/h2-9H,10-13H2,1H3,(H,23,28)(H,25,27). The van der Waals surface area contributed by atoms with Gasteiger partial charge in [0.2, 0.25) is 0 Å². The Morgan fingerprint density at radius 1 is 1.14 bits per heavy atom. The van der Waals surface area contributed by atoms with Crippen LogP contribution in [0.5, 0.6) is 0 Å². The van der Waals surface area contributed by atoms with Gasteiger partial charge in [-0.25, -0.2) is 4.79 Å². The highest BCUT2D eigenvalue weighted by Crippen LogP contribution is 2.29. The van der Waals surface area contributed by atoms with Crippen molar-refractivity contribution < 1.29 is 9.59 Å². The SMILES string of the molecule is Cc1ccc(C2=NC3(CCN(C(=O)Nc4ccccc4Cl)CC3)NC2=O)cc1. The number of aryl methyl sites for hydroxylation is 1. The molecule has 7 heteroatoms. The first-order valence-corrected chi connectivity index (χ1v) is 9.63. The maximum absolute atomic E-state index is 12.5. The molecule has 6 nitrogen and oxygen atoms in total. The molecule has 28 heavy (non-hydrogen) atoms. The molecule has 1 spiro atoms. The van der Waals surface area contributed by atoms with Gasteiger partial charge in [-0.1, -0.05) is 53.6 Å². The average Bonchev–Trinajstić information content (AvgIpc) is 3.00. The Hall–Kier alpha value is -2.86. The molecule has 1 fully saturated rings. The normalized spacial score (nSPS) is 18.0. The van der Waals surface area contributed by atoms with Gasteiger partial charge >= 0.3 is 6.03 Å². The van der Waals surface area contributed by atoms with E-state index in [1.807, 2.05) is 43.3 Å². The first-order chi connectivity index (χ1) is 13.5. The monoisotopic (exact) mass is 396 g/mol. The van der Waals surface area contributed by atoms with E-state index in [0.717, 1.165) is 11.1 Å². The van der Waals surface area contributed by atoms with Crippen molar-refractivity contribution in [1.82, 2.24) is 10.2 Å². The minimum absolute atomic E-state index is 0.155. The fourth-order valence-corrected chi connectivity index (χ4v) is 3.73. The lowest BCUT2D eigenvalue weighted by Gasteiger charge is -2.37. The van der Waals surface area contributed by atoms with E-state index in [0.29, 0.717) is 42.4 Å². The number of nitrogens with one attached hydrogen (secondary N) is 2. The summed E-state index contributed by atoms with van der Waals surface area (Å²) in [5, 5.41) is 6.37. The Kier molecular flexibility index (Phi) is 4.81. The number of urea groups is 1. The Labute approximate surface area is 168 Å². The van der Waals surface area contributed by atoms with Gasteiger partial charge in [0.25, 0.3) is 5.91 Å². The van der Waals surface area contributed by atoms with Gasteiger partial charge in [0, 0.05) is 31.5 Å². The molecule has 0 bridgehead atoms. The number of carbonyl (C=O) groups is 2. The molecule has 2 N–H and O–H groups in total. The molecule has 0 atom stereocenters. The van der Waals surface area contributed by atoms with Crippen molar-refractivity contribution in [3.63, 3.8) is 0 Å². The number of piperidine rings is 1. The van der Waals surface area contributed by atoms with Crippen LogP contribution in [0.3, 0.4) is 0 Å². The van der Waals surface area contributed by atoms with Crippen LogP contribution < -0.4 is 10.6 Å². The van der Waals surface area contributed by atoms with Gasteiger partial charge in [0.15, 0.2) is 0 Å². The van der Waals surface area contributed by atoms with Gasteiger partial charge in [-0.15, -0.1) is 0 Å². The molecule has 2 aromatic rings. The van der Waals surface area contributed by atoms with Gasteiger partial charge in [-0.3, -0.25) is 9.79 Å². The van der Waals surface area contributed by atoms with E-state index in [4.69, 9.17) is 16.6 Å². The van der Waals surface area contributed by atoms with Crippen LogP contribution in [-0.2, 0) is 4.79 Å². The number of hydrogen-bond acceptors (Lipinski definition) is 3. The fraction of sp³-hybridized carbons (Fsp3) is 0.286. The molecule has 3 amide bonds. The number of aliphatic imine (C=N–C) groups is 1. The summed E-state index contributed by atoms with van der Waals surface area (Å²) in [6, 6.07) is 14.7. The second-order valence-electron chi connectivity index (χ2n) is 7.21. The molecule has 2 aliphatic rings. The number of likely N-dealkylation sites (tertiary alicyclic amines) is 1. The lowest BCUT2D eigenvalue weighted by molar-refractivity contribution is -0.115. The Bertz CT molecular complexity index is 947. The second kappa shape index (κ2) is 7.28. The first kappa shape index (κ1) is 18.5. The summed E-state index contributed by atoms with van der Waals surface area (Å²) in [4.78, 5) is 31.5. The zero-order chi connectivity index (χ0) is 19.7. The van der Waals surface area contributed by atoms with Crippen LogP contribution >= 0.6 is 11.6 Å². The van der Waals surface area contributed by atoms with E-state index in [1.54, 1.807) is 17.0 Å². The van der Waals surface area contributed by atoms with Crippen LogP contribution in [0, 0.1) is 6.92 Å². The Balaban J connectivity index is 1.43. The number of para-hydroxylation sites is 1. The molecule has 2 aromatic carbocycles. The molecule has 2 heterocycles. The van der Waals surface area contributed by atoms with Crippen molar-refractivity contribution in [2.75, 3.05) is 18.4 Å². The number of benzene rings is 2. The van der Waals surface area contributed by atoms with E-state index in [-0.39, 0.29) is 11.9 Å². The Morgan fingerprint density at radius 3 is 2.50 bits per heavy atom. The quantitative estimate of drug-likeness (QED) is 0.814. The molecule has 0 aromatic heterocycles. The van der Waals surface area contributed by atoms with Gasteiger partial charge in [-0.2, -0.15) is 0 Å². The van der Waals surface area contributed by atoms with Crippen molar-refractivity contribution in [2.24, 2.45) is 4.99 Å². The van der Waals surface area contributed by atoms with Crippen LogP contribution in [0.25, 0.3) is 0 Å². The summed E-state index contributed by atoms with van der Waals surface area (Å²) >= 11 is 6.11. The number of amides is 3. The van der Waals surface area contributed by atoms with Gasteiger partial charge in [-0.05, 0) is 19.1 Å². The van der Waals surface area contributed by atoms with Crippen molar-refractivity contribution in [1.29, 1.82) is 0 Å². The van der Waals surface area contributed by atoms with Crippen molar-refractivity contribution in [3.8, 4) is 0 Å². The molecule has 0 aliphatic carbocycles. The number of hydrogen-bond donors (Lipinski definition) is 2. The summed E-state index contributed by atoms with van der Waals surface area (Å²) in [6.45, 7) is 3.01. The second-order valence-corrected chi connectivity index (χ2v) is 7.62. The maximum atomic E-state index is 12.5. The zero-order valence-electron chi connectivity index (χ0n) is 15.5. The minimum atomic E-state index is -0.627. The van der Waals surface area contributed by atoms with E-state index >= 15 is 0 Å². The fourth-order valence-electron chi connectivity index (χ4n) is 3.54. The smallest absolute Gasteiger partial charge is 0.321 e. The number of anilines is 1. The highest BCUT2D eigenvalue weighted by molar-refractivity contribution is 6.46. The summed E-state index contributed by atoms with van der Waals surface area (Å²) in [7, 11) is 0. The summed E-state index contributed by atoms with van der Waals surface area (Å²) in [5.41, 5.74) is 2.38. The van der Waals surface area contributed by atoms with Crippen LogP contribution in [-0.4, -0.2) is 41.3 Å². The summed E-state index contributed by atoms with van der Waals surface area (Å²) in [6.07, 6.45) is 1.15. The highest BCUT2D eigenvalue weighted by atomic mass is 35.5. The van der Waals surface area contributed by atoms with E-state index in [9.17, 15) is 9.59 Å². The molecule has 2 aliphatic heterocycles. The number of nitrogens with zero attached hydrogens (tertiary/aromatic N) is 2. The van der Waals surface area contributed by atoms with E-state index < -0.39 is 5.66 Å². The Morgan fingerprint density at radius 2 is 1.82 bits per heavy atom. The molecular formula is C21H21ClN4O2. The number of halogens is 1. The van der Waals surface area contributed by atoms with Crippen molar-refractivity contribution >= 4 is 34.9 Å². The van der Waals surface area contributed by atoms with Gasteiger partial charge in [0.1, 0.15) is 11.4 Å². The third kappa shape index (κ3) is 3.60. The van der Waals surface area contributed by atoms with Gasteiger partial charge in [0.05, 0.1) is 10.7 Å². The van der Waals surface area contributed by atoms with E-state index in [1.165, 1.54) is 0 Å². The zero-order valence-corrected chi connectivity index (χ0v) is 16.3. The van der Waals surface area contributed by atoms with Crippen molar-refractivity contribution in [2.45, 2.75) is 25.4 Å². The summed E-state index contributed by atoms with van der Waals surface area (Å²) in [5.74, 6) is -0.155. The molecule has 144 valence electrons. The average molecular weight is 397 g/mol. The molecule has 0 radical (unpaired) electrons. The molecular weight excluding hydrogens is 376 g/mol. The maximum Gasteiger partial charge on any atom is 0.321 e. The summed E-state index contributed by atoms with van der Waals surface area (Å²) < 4.78 is 0. The van der Waals surface area contributed by atoms with Crippen LogP contribution in [0.1, 0.15) is 24.0 Å². The first-order valence-electron chi connectivity index (χ1n) is 9.26. The third-order valence-electron chi connectivity index (χ3n) is 5.21. The number of carbonyl (C=O) groups excluding carboxylic acids is 2. The van der Waals surface area contributed by atoms with E-state index in [2.05, 4.69) is 10.6 Å². The molecule has 0 unspecified atom stereocenters. The van der Waals surface area contributed by atoms with Crippen LogP contribution in [0.2, 0.25) is 5.02 Å². The molecule has 0 saturated carbocycles.